The van der Waals surface area contributed by atoms with E-state index in [1.54, 1.807) is 11.0 Å². The molecule has 0 saturated carbocycles. The molecule has 2 bridgehead atoms. The minimum Gasteiger partial charge on any atom is -0.460 e. The van der Waals surface area contributed by atoms with Crippen LogP contribution in [0, 0.1) is 18.8 Å². The van der Waals surface area contributed by atoms with E-state index in [1.165, 1.54) is 0 Å². The fourth-order valence-corrected chi connectivity index (χ4v) is 4.73. The van der Waals surface area contributed by atoms with Gasteiger partial charge in [-0.15, -0.1) is 0 Å². The van der Waals surface area contributed by atoms with E-state index in [-0.39, 0.29) is 12.5 Å². The molecule has 2 aromatic carbocycles. The molecule has 0 radical (unpaired) electrons. The quantitative estimate of drug-likeness (QED) is 0.571. The fraction of sp³-hybridized carbons (Fsp3) is 0.304. The number of hydrogen-bond acceptors (Lipinski definition) is 4. The minimum atomic E-state index is -0.772. The molecule has 1 amide bonds. The number of esters is 1. The van der Waals surface area contributed by atoms with Crippen LogP contribution in [0.4, 0.5) is 5.69 Å². The lowest BCUT2D eigenvalue weighted by Gasteiger charge is -2.22. The molecule has 29 heavy (non-hydrogen) atoms. The second kappa shape index (κ2) is 6.71. The Morgan fingerprint density at radius 2 is 2.07 bits per heavy atom. The molecule has 5 nitrogen and oxygen atoms in total. The normalized spacial score (nSPS) is 29.4. The van der Waals surface area contributed by atoms with Crippen molar-refractivity contribution in [1.82, 2.24) is 0 Å². The van der Waals surface area contributed by atoms with Gasteiger partial charge in [0.15, 0.2) is 0 Å². The SMILES string of the molecule is Cc1cc(N2C[C@@]34C=C[C@@H](O3)[C@H](C(=O)OCc3ccccc3)[C@@H]4C2=O)ccc1Cl. The Labute approximate surface area is 173 Å². The van der Waals surface area contributed by atoms with Gasteiger partial charge in [-0.3, -0.25) is 9.59 Å². The Bertz CT molecular complexity index is 1020. The van der Waals surface area contributed by atoms with Gasteiger partial charge < -0.3 is 14.4 Å². The van der Waals surface area contributed by atoms with Gasteiger partial charge in [-0.05, 0) is 36.2 Å². The van der Waals surface area contributed by atoms with Crippen LogP contribution in [0.1, 0.15) is 11.1 Å². The molecular formula is C23H20ClNO4. The largest absolute Gasteiger partial charge is 0.460 e. The second-order valence-electron chi connectivity index (χ2n) is 7.85. The number of carbonyl (C=O) groups excluding carboxylic acids is 2. The highest BCUT2D eigenvalue weighted by Crippen LogP contribution is 2.53. The van der Waals surface area contributed by atoms with Crippen LogP contribution < -0.4 is 4.90 Å². The molecular weight excluding hydrogens is 390 g/mol. The molecule has 5 rings (SSSR count). The van der Waals surface area contributed by atoms with Crippen molar-refractivity contribution in [3.63, 3.8) is 0 Å². The number of ether oxygens (including phenoxy) is 2. The van der Waals surface area contributed by atoms with E-state index >= 15 is 0 Å². The summed E-state index contributed by atoms with van der Waals surface area (Å²) in [6.45, 7) is 2.46. The highest BCUT2D eigenvalue weighted by atomic mass is 35.5. The van der Waals surface area contributed by atoms with Crippen LogP contribution in [-0.4, -0.2) is 30.1 Å². The summed E-state index contributed by atoms with van der Waals surface area (Å²) in [5.41, 5.74) is 1.79. The van der Waals surface area contributed by atoms with Gasteiger partial charge in [-0.1, -0.05) is 54.1 Å². The van der Waals surface area contributed by atoms with E-state index in [4.69, 9.17) is 21.1 Å². The molecule has 0 aromatic heterocycles. The van der Waals surface area contributed by atoms with Crippen molar-refractivity contribution >= 4 is 29.2 Å². The first-order chi connectivity index (χ1) is 14.0. The first-order valence-electron chi connectivity index (χ1n) is 9.64. The molecule has 4 atom stereocenters. The van der Waals surface area contributed by atoms with E-state index < -0.39 is 29.5 Å². The minimum absolute atomic E-state index is 0.111. The van der Waals surface area contributed by atoms with Crippen molar-refractivity contribution < 1.29 is 19.1 Å². The van der Waals surface area contributed by atoms with Gasteiger partial charge in [0.25, 0.3) is 0 Å². The average molecular weight is 410 g/mol. The van der Waals surface area contributed by atoms with Crippen LogP contribution >= 0.6 is 11.6 Å². The number of halogens is 1. The zero-order valence-corrected chi connectivity index (χ0v) is 16.6. The van der Waals surface area contributed by atoms with Gasteiger partial charge in [0, 0.05) is 10.7 Å². The molecule has 6 heteroatoms. The second-order valence-corrected chi connectivity index (χ2v) is 8.26. The van der Waals surface area contributed by atoms with Crippen LogP contribution in [0.15, 0.2) is 60.7 Å². The van der Waals surface area contributed by atoms with Gasteiger partial charge in [-0.2, -0.15) is 0 Å². The summed E-state index contributed by atoms with van der Waals surface area (Å²) in [7, 11) is 0. The third-order valence-electron chi connectivity index (χ3n) is 6.05. The standard InChI is InChI=1S/C23H20ClNO4/c1-14-11-16(7-8-17(14)24)25-13-23-10-9-18(29-23)19(20(23)21(25)26)22(27)28-12-15-5-3-2-4-6-15/h2-11,18-20H,12-13H2,1H3/t18-,19+,20-,23-/m1/s1. The first kappa shape index (κ1) is 18.4. The highest BCUT2D eigenvalue weighted by molar-refractivity contribution is 6.31. The lowest BCUT2D eigenvalue weighted by Crippen LogP contribution is -2.40. The number of amides is 1. The Morgan fingerprint density at radius 3 is 2.83 bits per heavy atom. The van der Waals surface area contributed by atoms with Gasteiger partial charge in [0.05, 0.1) is 18.6 Å². The number of nitrogens with zero attached hydrogens (tertiary/aromatic N) is 1. The smallest absolute Gasteiger partial charge is 0.313 e. The summed E-state index contributed by atoms with van der Waals surface area (Å²) in [6, 6.07) is 15.0. The maximum atomic E-state index is 13.3. The van der Waals surface area contributed by atoms with E-state index in [0.717, 1.165) is 16.8 Å². The Kier molecular flexibility index (Phi) is 4.26. The summed E-state index contributed by atoms with van der Waals surface area (Å²) < 4.78 is 11.7. The van der Waals surface area contributed by atoms with E-state index in [0.29, 0.717) is 11.6 Å². The van der Waals surface area contributed by atoms with Crippen molar-refractivity contribution in [2.45, 2.75) is 25.2 Å². The van der Waals surface area contributed by atoms with Gasteiger partial charge in [0.1, 0.15) is 18.1 Å². The zero-order valence-electron chi connectivity index (χ0n) is 15.9. The number of aryl methyl sites for hydroxylation is 1. The third-order valence-corrected chi connectivity index (χ3v) is 6.47. The van der Waals surface area contributed by atoms with Gasteiger partial charge in [0.2, 0.25) is 5.91 Å². The average Bonchev–Trinajstić information content (AvgIpc) is 3.37. The van der Waals surface area contributed by atoms with Crippen LogP contribution in [0.5, 0.6) is 0 Å². The van der Waals surface area contributed by atoms with E-state index in [9.17, 15) is 9.59 Å². The Morgan fingerprint density at radius 1 is 1.28 bits per heavy atom. The lowest BCUT2D eigenvalue weighted by atomic mass is 9.77. The lowest BCUT2D eigenvalue weighted by molar-refractivity contribution is -0.153. The van der Waals surface area contributed by atoms with Crippen LogP contribution in [-0.2, 0) is 25.7 Å². The molecule has 2 fully saturated rings. The number of hydrogen-bond donors (Lipinski definition) is 0. The van der Waals surface area contributed by atoms with Crippen molar-refractivity contribution in [2.24, 2.45) is 11.8 Å². The summed E-state index contributed by atoms with van der Waals surface area (Å²) in [5, 5.41) is 0.651. The molecule has 1 spiro atoms. The number of anilines is 1. The summed E-state index contributed by atoms with van der Waals surface area (Å²) in [5.74, 6) is -1.70. The molecule has 2 aromatic rings. The predicted octanol–water partition coefficient (Wildman–Crippen LogP) is 3.68. The molecule has 2 saturated heterocycles. The van der Waals surface area contributed by atoms with E-state index in [2.05, 4.69) is 0 Å². The zero-order chi connectivity index (χ0) is 20.2. The number of benzene rings is 2. The number of carbonyl (C=O) groups is 2. The third kappa shape index (κ3) is 2.88. The molecule has 0 unspecified atom stereocenters. The maximum Gasteiger partial charge on any atom is 0.313 e. The highest BCUT2D eigenvalue weighted by Gasteiger charge is 2.67. The molecule has 3 aliphatic heterocycles. The van der Waals surface area contributed by atoms with E-state index in [1.807, 2.05) is 61.5 Å². The molecule has 3 heterocycles. The monoisotopic (exact) mass is 409 g/mol. The van der Waals surface area contributed by atoms with Crippen molar-refractivity contribution in [3.05, 3.63) is 76.8 Å². The number of fused-ring (bicyclic) bond motifs is 1. The summed E-state index contributed by atoms with van der Waals surface area (Å²) >= 11 is 6.13. The molecule has 0 aliphatic carbocycles. The molecule has 3 aliphatic rings. The number of rotatable bonds is 4. The van der Waals surface area contributed by atoms with Crippen LogP contribution in [0.2, 0.25) is 5.02 Å². The molecule has 148 valence electrons. The fourth-order valence-electron chi connectivity index (χ4n) is 4.61. The Balaban J connectivity index is 1.39. The summed E-state index contributed by atoms with van der Waals surface area (Å²) in [4.78, 5) is 27.9. The topological polar surface area (TPSA) is 55.8 Å². The van der Waals surface area contributed by atoms with Crippen LogP contribution in [0.3, 0.4) is 0 Å². The van der Waals surface area contributed by atoms with Gasteiger partial charge in [-0.25, -0.2) is 0 Å². The maximum absolute atomic E-state index is 13.3. The van der Waals surface area contributed by atoms with Crippen LogP contribution in [0.25, 0.3) is 0 Å². The molecule has 0 N–H and O–H groups in total. The van der Waals surface area contributed by atoms with Crippen molar-refractivity contribution in [2.75, 3.05) is 11.4 Å². The Hall–Kier alpha value is -2.63. The van der Waals surface area contributed by atoms with Gasteiger partial charge >= 0.3 is 5.97 Å². The summed E-state index contributed by atoms with van der Waals surface area (Å²) in [6.07, 6.45) is 3.40. The van der Waals surface area contributed by atoms with Crippen molar-refractivity contribution in [3.8, 4) is 0 Å². The van der Waals surface area contributed by atoms with Crippen molar-refractivity contribution in [1.29, 1.82) is 0 Å². The predicted molar refractivity (Wildman–Crippen MR) is 109 cm³/mol. The first-order valence-corrected chi connectivity index (χ1v) is 10.0.